The van der Waals surface area contributed by atoms with E-state index in [0.29, 0.717) is 42.8 Å². The lowest BCUT2D eigenvalue weighted by atomic mass is 9.96. The summed E-state index contributed by atoms with van der Waals surface area (Å²) in [7, 11) is 0. The van der Waals surface area contributed by atoms with Crippen LogP contribution in [0.4, 0.5) is 4.39 Å². The van der Waals surface area contributed by atoms with Gasteiger partial charge in [-0.1, -0.05) is 0 Å². The Balaban J connectivity index is 2.07. The molecular weight excluding hydrogens is 293 g/mol. The van der Waals surface area contributed by atoms with Crippen molar-refractivity contribution in [1.29, 1.82) is 0 Å². The van der Waals surface area contributed by atoms with E-state index < -0.39 is 5.97 Å². The van der Waals surface area contributed by atoms with Crippen LogP contribution in [-0.4, -0.2) is 41.2 Å². The standard InChI is InChI=1S/C15H18FNO3S/c1-21-9-12-8-11(2-3-13(12)16)14(18)17-6-4-10(5-7-17)15(19)20/h2-3,8,10H,4-7,9H2,1H3,(H,19,20). The van der Waals surface area contributed by atoms with E-state index in [1.54, 1.807) is 11.0 Å². The predicted molar refractivity (Wildman–Crippen MR) is 79.9 cm³/mol. The molecule has 0 spiro atoms. The molecule has 6 heteroatoms. The monoisotopic (exact) mass is 311 g/mol. The van der Waals surface area contributed by atoms with Crippen molar-refractivity contribution in [3.05, 3.63) is 35.1 Å². The lowest BCUT2D eigenvalue weighted by Crippen LogP contribution is -2.40. The summed E-state index contributed by atoms with van der Waals surface area (Å²) < 4.78 is 13.6. The Morgan fingerprint density at radius 1 is 1.38 bits per heavy atom. The number of carboxylic acids is 1. The summed E-state index contributed by atoms with van der Waals surface area (Å²) in [5.74, 6) is -1.10. The second-order valence-electron chi connectivity index (χ2n) is 5.14. The number of aliphatic carboxylic acids is 1. The number of carbonyl (C=O) groups excluding carboxylic acids is 1. The molecule has 1 aromatic rings. The Morgan fingerprint density at radius 3 is 2.62 bits per heavy atom. The van der Waals surface area contributed by atoms with Crippen LogP contribution in [0.1, 0.15) is 28.8 Å². The van der Waals surface area contributed by atoms with Gasteiger partial charge >= 0.3 is 5.97 Å². The van der Waals surface area contributed by atoms with Crippen LogP contribution in [0, 0.1) is 11.7 Å². The Bertz CT molecular complexity index is 542. The van der Waals surface area contributed by atoms with Crippen molar-refractivity contribution >= 4 is 23.6 Å². The molecule has 0 saturated carbocycles. The third-order valence-corrected chi connectivity index (χ3v) is 4.32. The number of amides is 1. The maximum atomic E-state index is 13.6. The van der Waals surface area contributed by atoms with E-state index in [-0.39, 0.29) is 17.6 Å². The predicted octanol–water partition coefficient (Wildman–Crippen LogP) is 2.63. The molecule has 1 amide bonds. The lowest BCUT2D eigenvalue weighted by Gasteiger charge is -2.30. The average molecular weight is 311 g/mol. The SMILES string of the molecule is CSCc1cc(C(=O)N2CCC(C(=O)O)CC2)ccc1F. The molecule has 21 heavy (non-hydrogen) atoms. The van der Waals surface area contributed by atoms with Crippen LogP contribution in [0.2, 0.25) is 0 Å². The summed E-state index contributed by atoms with van der Waals surface area (Å²) >= 11 is 1.50. The van der Waals surface area contributed by atoms with Gasteiger partial charge in [-0.2, -0.15) is 11.8 Å². The molecule has 2 rings (SSSR count). The van der Waals surface area contributed by atoms with Gasteiger partial charge in [0.15, 0.2) is 0 Å². The Hall–Kier alpha value is -1.56. The number of piperidine rings is 1. The van der Waals surface area contributed by atoms with Crippen LogP contribution in [-0.2, 0) is 10.5 Å². The number of likely N-dealkylation sites (tertiary alicyclic amines) is 1. The summed E-state index contributed by atoms with van der Waals surface area (Å²) in [5, 5.41) is 8.96. The molecule has 1 aromatic carbocycles. The first kappa shape index (κ1) is 15.8. The number of benzene rings is 1. The summed E-state index contributed by atoms with van der Waals surface area (Å²) in [6, 6.07) is 4.41. The summed E-state index contributed by atoms with van der Waals surface area (Å²) in [6.07, 6.45) is 2.82. The molecule has 1 aliphatic rings. The van der Waals surface area contributed by atoms with E-state index >= 15 is 0 Å². The highest BCUT2D eigenvalue weighted by Crippen LogP contribution is 2.21. The Labute approximate surface area is 127 Å². The normalized spacial score (nSPS) is 16.0. The molecule has 1 heterocycles. The molecule has 1 saturated heterocycles. The topological polar surface area (TPSA) is 57.6 Å². The molecule has 0 aromatic heterocycles. The average Bonchev–Trinajstić information content (AvgIpc) is 2.49. The van der Waals surface area contributed by atoms with Crippen LogP contribution in [0.3, 0.4) is 0 Å². The first-order valence-electron chi connectivity index (χ1n) is 6.82. The number of carboxylic acid groups (broad SMARTS) is 1. The fourth-order valence-electron chi connectivity index (χ4n) is 2.49. The fraction of sp³-hybridized carbons (Fsp3) is 0.467. The van der Waals surface area contributed by atoms with Crippen molar-refractivity contribution in [2.45, 2.75) is 18.6 Å². The van der Waals surface area contributed by atoms with Gasteiger partial charge in [-0.05, 0) is 42.9 Å². The van der Waals surface area contributed by atoms with E-state index in [9.17, 15) is 14.0 Å². The number of carbonyl (C=O) groups is 2. The van der Waals surface area contributed by atoms with Gasteiger partial charge in [-0.3, -0.25) is 9.59 Å². The smallest absolute Gasteiger partial charge is 0.306 e. The number of hydrogen-bond acceptors (Lipinski definition) is 3. The van der Waals surface area contributed by atoms with Crippen LogP contribution in [0.15, 0.2) is 18.2 Å². The second kappa shape index (κ2) is 6.93. The first-order valence-corrected chi connectivity index (χ1v) is 8.21. The Kier molecular flexibility index (Phi) is 5.22. The number of hydrogen-bond donors (Lipinski definition) is 1. The number of rotatable bonds is 4. The number of halogens is 1. The lowest BCUT2D eigenvalue weighted by molar-refractivity contribution is -0.143. The zero-order valence-corrected chi connectivity index (χ0v) is 12.7. The summed E-state index contributed by atoms with van der Waals surface area (Å²) in [4.78, 5) is 24.9. The molecule has 0 unspecified atom stereocenters. The Morgan fingerprint density at radius 2 is 2.05 bits per heavy atom. The van der Waals surface area contributed by atoms with E-state index in [2.05, 4.69) is 0 Å². The van der Waals surface area contributed by atoms with Gasteiger partial charge in [0.25, 0.3) is 5.91 Å². The van der Waals surface area contributed by atoms with Crippen LogP contribution < -0.4 is 0 Å². The zero-order chi connectivity index (χ0) is 15.4. The van der Waals surface area contributed by atoms with Gasteiger partial charge in [0.1, 0.15) is 5.82 Å². The van der Waals surface area contributed by atoms with Gasteiger partial charge < -0.3 is 10.0 Å². The van der Waals surface area contributed by atoms with Crippen molar-refractivity contribution in [3.8, 4) is 0 Å². The van der Waals surface area contributed by atoms with Gasteiger partial charge in [0, 0.05) is 24.4 Å². The highest BCUT2D eigenvalue weighted by atomic mass is 32.2. The third-order valence-electron chi connectivity index (χ3n) is 3.72. The molecule has 0 radical (unpaired) electrons. The molecule has 1 fully saturated rings. The van der Waals surface area contributed by atoms with E-state index in [0.717, 1.165) is 0 Å². The number of thioether (sulfide) groups is 1. The molecule has 1 aliphatic heterocycles. The largest absolute Gasteiger partial charge is 0.481 e. The minimum Gasteiger partial charge on any atom is -0.481 e. The van der Waals surface area contributed by atoms with E-state index in [4.69, 9.17) is 5.11 Å². The van der Waals surface area contributed by atoms with E-state index in [1.165, 1.54) is 23.9 Å². The number of nitrogens with zero attached hydrogens (tertiary/aromatic N) is 1. The van der Waals surface area contributed by atoms with Crippen LogP contribution in [0.5, 0.6) is 0 Å². The zero-order valence-electron chi connectivity index (χ0n) is 11.8. The maximum absolute atomic E-state index is 13.6. The maximum Gasteiger partial charge on any atom is 0.306 e. The third kappa shape index (κ3) is 3.75. The quantitative estimate of drug-likeness (QED) is 0.928. The molecule has 0 bridgehead atoms. The van der Waals surface area contributed by atoms with Crippen molar-refractivity contribution in [1.82, 2.24) is 4.90 Å². The van der Waals surface area contributed by atoms with Crippen molar-refractivity contribution in [3.63, 3.8) is 0 Å². The van der Waals surface area contributed by atoms with E-state index in [1.807, 2.05) is 6.26 Å². The highest BCUT2D eigenvalue weighted by Gasteiger charge is 2.27. The molecule has 1 N–H and O–H groups in total. The van der Waals surface area contributed by atoms with Gasteiger partial charge in [0.2, 0.25) is 0 Å². The van der Waals surface area contributed by atoms with Crippen LogP contribution in [0.25, 0.3) is 0 Å². The molecule has 0 atom stereocenters. The minimum absolute atomic E-state index is 0.152. The summed E-state index contributed by atoms with van der Waals surface area (Å²) in [5.41, 5.74) is 0.989. The first-order chi connectivity index (χ1) is 10.0. The minimum atomic E-state index is -0.800. The van der Waals surface area contributed by atoms with Crippen LogP contribution >= 0.6 is 11.8 Å². The van der Waals surface area contributed by atoms with Gasteiger partial charge in [0.05, 0.1) is 5.92 Å². The second-order valence-corrected chi connectivity index (χ2v) is 6.01. The van der Waals surface area contributed by atoms with Gasteiger partial charge in [-0.15, -0.1) is 0 Å². The highest BCUT2D eigenvalue weighted by molar-refractivity contribution is 7.97. The molecule has 0 aliphatic carbocycles. The molecule has 114 valence electrons. The molecular formula is C15H18FNO3S. The fourth-order valence-corrected chi connectivity index (χ4v) is 3.02. The van der Waals surface area contributed by atoms with Gasteiger partial charge in [-0.25, -0.2) is 4.39 Å². The van der Waals surface area contributed by atoms with Crippen molar-refractivity contribution < 1.29 is 19.1 Å². The van der Waals surface area contributed by atoms with Crippen molar-refractivity contribution in [2.24, 2.45) is 5.92 Å². The molecule has 4 nitrogen and oxygen atoms in total. The van der Waals surface area contributed by atoms with Crippen molar-refractivity contribution in [2.75, 3.05) is 19.3 Å². The summed E-state index contributed by atoms with van der Waals surface area (Å²) in [6.45, 7) is 0.871.